The summed E-state index contributed by atoms with van der Waals surface area (Å²) in [6.07, 6.45) is 10.2. The topological polar surface area (TPSA) is 25.2 Å². The zero-order chi connectivity index (χ0) is 10.7. The molecule has 0 radical (unpaired) electrons. The van der Waals surface area contributed by atoms with Crippen LogP contribution in [0.3, 0.4) is 0 Å². The predicted molar refractivity (Wildman–Crippen MR) is 61.8 cm³/mol. The van der Waals surface area contributed by atoms with Crippen molar-refractivity contribution in [3.63, 3.8) is 0 Å². The van der Waals surface area contributed by atoms with E-state index in [0.717, 1.165) is 6.42 Å². The summed E-state index contributed by atoms with van der Waals surface area (Å²) in [7, 11) is 2.08. The van der Waals surface area contributed by atoms with Gasteiger partial charge in [-0.3, -0.25) is 0 Å². The molecule has 0 amide bonds. The van der Waals surface area contributed by atoms with Crippen molar-refractivity contribution in [1.29, 1.82) is 0 Å². The van der Waals surface area contributed by atoms with Crippen molar-refractivity contribution in [3.05, 3.63) is 24.2 Å². The second-order valence-corrected chi connectivity index (χ2v) is 5.04. The molecule has 2 rings (SSSR count). The molecular weight excluding hydrogens is 186 g/mol. The second kappa shape index (κ2) is 4.40. The Hall–Kier alpha value is -0.760. The van der Waals surface area contributed by atoms with Crippen LogP contribution < -0.4 is 5.32 Å². The molecule has 1 unspecified atom stereocenters. The van der Waals surface area contributed by atoms with Gasteiger partial charge in [0.15, 0.2) is 0 Å². The summed E-state index contributed by atoms with van der Waals surface area (Å²) in [5, 5.41) is 3.48. The maximum atomic E-state index is 5.13. The van der Waals surface area contributed by atoms with Gasteiger partial charge in [-0.2, -0.15) is 0 Å². The van der Waals surface area contributed by atoms with Crippen molar-refractivity contribution in [3.8, 4) is 0 Å². The third kappa shape index (κ3) is 2.25. The van der Waals surface area contributed by atoms with Gasteiger partial charge in [0.1, 0.15) is 0 Å². The molecular formula is C13H21NO. The van der Waals surface area contributed by atoms with Gasteiger partial charge in [-0.1, -0.05) is 19.8 Å². The fraction of sp³-hybridized carbons (Fsp3) is 0.692. The van der Waals surface area contributed by atoms with Crippen LogP contribution in [0.4, 0.5) is 0 Å². The lowest BCUT2D eigenvalue weighted by Crippen LogP contribution is -2.41. The van der Waals surface area contributed by atoms with Crippen molar-refractivity contribution in [2.24, 2.45) is 5.41 Å². The van der Waals surface area contributed by atoms with Crippen LogP contribution >= 0.6 is 0 Å². The number of furan rings is 1. The maximum Gasteiger partial charge on any atom is 0.0935 e. The van der Waals surface area contributed by atoms with Crippen LogP contribution in [-0.2, 0) is 6.42 Å². The van der Waals surface area contributed by atoms with Gasteiger partial charge in [-0.25, -0.2) is 0 Å². The molecule has 1 heterocycles. The van der Waals surface area contributed by atoms with Crippen LogP contribution in [0.1, 0.15) is 38.2 Å². The summed E-state index contributed by atoms with van der Waals surface area (Å²) in [6, 6.07) is 2.65. The van der Waals surface area contributed by atoms with Crippen molar-refractivity contribution < 1.29 is 4.42 Å². The molecule has 1 aromatic heterocycles. The van der Waals surface area contributed by atoms with Gasteiger partial charge in [-0.05, 0) is 43.4 Å². The molecule has 0 aromatic carbocycles. The van der Waals surface area contributed by atoms with E-state index < -0.39 is 0 Å². The predicted octanol–water partition coefficient (Wildman–Crippen LogP) is 2.99. The highest BCUT2D eigenvalue weighted by molar-refractivity contribution is 5.09. The summed E-state index contributed by atoms with van der Waals surface area (Å²) in [5.41, 5.74) is 1.79. The molecule has 1 aliphatic rings. The largest absolute Gasteiger partial charge is 0.472 e. The minimum Gasteiger partial charge on any atom is -0.472 e. The maximum absolute atomic E-state index is 5.13. The average Bonchev–Trinajstić information content (AvgIpc) is 2.85. The van der Waals surface area contributed by atoms with Gasteiger partial charge in [0.25, 0.3) is 0 Å². The van der Waals surface area contributed by atoms with Gasteiger partial charge in [-0.15, -0.1) is 0 Å². The quantitative estimate of drug-likeness (QED) is 0.821. The standard InChI is InChI=1S/C13H21NO/c1-13(6-3-4-7-13)12(14-2)9-11-5-8-15-10-11/h5,8,10,12,14H,3-4,6-7,9H2,1-2H3. The highest BCUT2D eigenvalue weighted by atomic mass is 16.3. The zero-order valence-electron chi connectivity index (χ0n) is 9.75. The Balaban J connectivity index is 2.03. The number of rotatable bonds is 4. The molecule has 1 aliphatic carbocycles. The fourth-order valence-electron chi connectivity index (χ4n) is 2.87. The highest BCUT2D eigenvalue weighted by Gasteiger charge is 2.36. The molecule has 1 fully saturated rings. The molecule has 0 saturated heterocycles. The normalized spacial score (nSPS) is 21.7. The van der Waals surface area contributed by atoms with E-state index in [-0.39, 0.29) is 0 Å². The molecule has 1 atom stereocenters. The Labute approximate surface area is 92.1 Å². The van der Waals surface area contributed by atoms with E-state index in [1.54, 1.807) is 6.26 Å². The minimum absolute atomic E-state index is 0.478. The number of nitrogens with one attached hydrogen (secondary N) is 1. The third-order valence-electron chi connectivity index (χ3n) is 3.96. The van der Waals surface area contributed by atoms with Crippen LogP contribution in [0.25, 0.3) is 0 Å². The molecule has 1 aromatic rings. The number of hydrogen-bond donors (Lipinski definition) is 1. The molecule has 0 spiro atoms. The summed E-state index contributed by atoms with van der Waals surface area (Å²) in [5.74, 6) is 0. The van der Waals surface area contributed by atoms with Gasteiger partial charge in [0, 0.05) is 6.04 Å². The second-order valence-electron chi connectivity index (χ2n) is 5.04. The first-order valence-electron chi connectivity index (χ1n) is 5.93. The Morgan fingerprint density at radius 1 is 1.47 bits per heavy atom. The van der Waals surface area contributed by atoms with E-state index in [0.29, 0.717) is 11.5 Å². The molecule has 84 valence electrons. The molecule has 1 saturated carbocycles. The lowest BCUT2D eigenvalue weighted by atomic mass is 9.78. The average molecular weight is 207 g/mol. The zero-order valence-corrected chi connectivity index (χ0v) is 9.75. The Kier molecular flexibility index (Phi) is 3.15. The number of hydrogen-bond acceptors (Lipinski definition) is 2. The van der Waals surface area contributed by atoms with Gasteiger partial charge >= 0.3 is 0 Å². The highest BCUT2D eigenvalue weighted by Crippen LogP contribution is 2.41. The van der Waals surface area contributed by atoms with Crippen molar-refractivity contribution in [1.82, 2.24) is 5.32 Å². The van der Waals surface area contributed by atoms with E-state index in [9.17, 15) is 0 Å². The summed E-state index contributed by atoms with van der Waals surface area (Å²) in [4.78, 5) is 0. The molecule has 0 aliphatic heterocycles. The lowest BCUT2D eigenvalue weighted by Gasteiger charge is -2.33. The smallest absolute Gasteiger partial charge is 0.0935 e. The third-order valence-corrected chi connectivity index (χ3v) is 3.96. The first kappa shape index (κ1) is 10.7. The van der Waals surface area contributed by atoms with E-state index in [4.69, 9.17) is 4.42 Å². The van der Waals surface area contributed by atoms with Gasteiger partial charge in [0.2, 0.25) is 0 Å². The SMILES string of the molecule is CNC(Cc1ccoc1)C1(C)CCCC1. The Morgan fingerprint density at radius 3 is 2.73 bits per heavy atom. The molecule has 0 bridgehead atoms. The Morgan fingerprint density at radius 2 is 2.20 bits per heavy atom. The van der Waals surface area contributed by atoms with Crippen LogP contribution in [0.15, 0.2) is 23.0 Å². The van der Waals surface area contributed by atoms with E-state index >= 15 is 0 Å². The molecule has 2 heteroatoms. The summed E-state index contributed by atoms with van der Waals surface area (Å²) in [6.45, 7) is 2.42. The first-order chi connectivity index (χ1) is 7.24. The molecule has 15 heavy (non-hydrogen) atoms. The van der Waals surface area contributed by atoms with Crippen molar-refractivity contribution in [2.75, 3.05) is 7.05 Å². The summed E-state index contributed by atoms with van der Waals surface area (Å²) < 4.78 is 5.13. The lowest BCUT2D eigenvalue weighted by molar-refractivity contribution is 0.229. The minimum atomic E-state index is 0.478. The van der Waals surface area contributed by atoms with Crippen LogP contribution in [0.5, 0.6) is 0 Å². The van der Waals surface area contributed by atoms with Crippen molar-refractivity contribution >= 4 is 0 Å². The fourth-order valence-corrected chi connectivity index (χ4v) is 2.87. The molecule has 2 nitrogen and oxygen atoms in total. The van der Waals surface area contributed by atoms with Crippen molar-refractivity contribution in [2.45, 2.75) is 45.1 Å². The Bertz CT molecular complexity index is 285. The summed E-state index contributed by atoms with van der Waals surface area (Å²) >= 11 is 0. The van der Waals surface area contributed by atoms with E-state index in [2.05, 4.69) is 25.4 Å². The van der Waals surface area contributed by atoms with Gasteiger partial charge < -0.3 is 9.73 Å². The van der Waals surface area contributed by atoms with E-state index in [1.165, 1.54) is 31.2 Å². The number of likely N-dealkylation sites (N-methyl/N-ethyl adjacent to an activating group) is 1. The van der Waals surface area contributed by atoms with Crippen LogP contribution in [0.2, 0.25) is 0 Å². The van der Waals surface area contributed by atoms with E-state index in [1.807, 2.05) is 6.26 Å². The molecule has 1 N–H and O–H groups in total. The first-order valence-corrected chi connectivity index (χ1v) is 5.93. The van der Waals surface area contributed by atoms with Crippen LogP contribution in [0, 0.1) is 5.41 Å². The van der Waals surface area contributed by atoms with Crippen LogP contribution in [-0.4, -0.2) is 13.1 Å². The monoisotopic (exact) mass is 207 g/mol. The van der Waals surface area contributed by atoms with Gasteiger partial charge in [0.05, 0.1) is 12.5 Å².